The lowest BCUT2D eigenvalue weighted by Crippen LogP contribution is -2.29. The third kappa shape index (κ3) is 4.32. The van der Waals surface area contributed by atoms with Gasteiger partial charge in [-0.3, -0.25) is 4.79 Å². The minimum atomic E-state index is -4.48. The smallest absolute Gasteiger partial charge is 0.416 e. The van der Waals surface area contributed by atoms with Crippen LogP contribution in [0.2, 0.25) is 5.02 Å². The van der Waals surface area contributed by atoms with E-state index in [1.165, 1.54) is 0 Å². The number of carbonyl (C=O) groups is 1. The van der Waals surface area contributed by atoms with Crippen molar-refractivity contribution in [1.29, 1.82) is 0 Å². The Labute approximate surface area is 152 Å². The average molecular weight is 387 g/mol. The van der Waals surface area contributed by atoms with Crippen molar-refractivity contribution < 1.29 is 27.4 Å². The first-order valence-electron chi connectivity index (χ1n) is 7.59. The van der Waals surface area contributed by atoms with E-state index in [4.69, 9.17) is 21.1 Å². The van der Waals surface area contributed by atoms with E-state index < -0.39 is 17.6 Å². The van der Waals surface area contributed by atoms with Crippen molar-refractivity contribution >= 4 is 23.2 Å². The summed E-state index contributed by atoms with van der Waals surface area (Å²) in [5.41, 5.74) is 0.00425. The van der Waals surface area contributed by atoms with E-state index in [0.29, 0.717) is 11.5 Å². The minimum Gasteiger partial charge on any atom is -0.454 e. The number of amides is 1. The van der Waals surface area contributed by atoms with Gasteiger partial charge in [0.05, 0.1) is 22.8 Å². The van der Waals surface area contributed by atoms with E-state index in [2.05, 4.69) is 10.6 Å². The lowest BCUT2D eigenvalue weighted by Gasteiger charge is -2.12. The fraction of sp³-hybridized carbons (Fsp3) is 0.235. The van der Waals surface area contributed by atoms with E-state index >= 15 is 0 Å². The molecule has 138 valence electrons. The Balaban J connectivity index is 1.54. The third-order valence-electron chi connectivity index (χ3n) is 3.66. The van der Waals surface area contributed by atoms with E-state index in [1.54, 1.807) is 18.2 Å². The summed E-state index contributed by atoms with van der Waals surface area (Å²) in [4.78, 5) is 11.9. The maximum atomic E-state index is 12.7. The molecule has 5 nitrogen and oxygen atoms in total. The molecule has 2 aromatic rings. The number of benzene rings is 2. The van der Waals surface area contributed by atoms with Crippen LogP contribution in [-0.4, -0.2) is 19.2 Å². The van der Waals surface area contributed by atoms with Crippen molar-refractivity contribution in [2.75, 3.05) is 18.7 Å². The summed E-state index contributed by atoms with van der Waals surface area (Å²) in [7, 11) is 0. The molecule has 2 N–H and O–H groups in total. The monoisotopic (exact) mass is 386 g/mol. The Hall–Kier alpha value is -2.61. The van der Waals surface area contributed by atoms with Gasteiger partial charge < -0.3 is 20.1 Å². The number of rotatable bonds is 5. The maximum absolute atomic E-state index is 12.7. The Morgan fingerprint density at radius 2 is 1.88 bits per heavy atom. The fourth-order valence-electron chi connectivity index (χ4n) is 2.33. The van der Waals surface area contributed by atoms with Gasteiger partial charge in [-0.1, -0.05) is 17.7 Å². The number of hydrogen-bond acceptors (Lipinski definition) is 4. The van der Waals surface area contributed by atoms with Crippen molar-refractivity contribution in [3.63, 3.8) is 0 Å². The number of anilines is 1. The van der Waals surface area contributed by atoms with Crippen LogP contribution in [0.5, 0.6) is 11.5 Å². The topological polar surface area (TPSA) is 59.6 Å². The number of halogens is 4. The second-order valence-electron chi connectivity index (χ2n) is 5.51. The zero-order valence-corrected chi connectivity index (χ0v) is 14.1. The molecule has 1 heterocycles. The molecule has 2 aromatic carbocycles. The van der Waals surface area contributed by atoms with Crippen molar-refractivity contribution in [3.8, 4) is 11.5 Å². The van der Waals surface area contributed by atoms with Crippen molar-refractivity contribution in [2.45, 2.75) is 12.7 Å². The molecule has 0 saturated carbocycles. The molecule has 0 aliphatic carbocycles. The van der Waals surface area contributed by atoms with Gasteiger partial charge in [0.2, 0.25) is 12.7 Å². The molecule has 0 unspecified atom stereocenters. The second-order valence-corrected chi connectivity index (χ2v) is 5.92. The molecule has 0 radical (unpaired) electrons. The Kier molecular flexibility index (Phi) is 5.13. The van der Waals surface area contributed by atoms with Crippen molar-refractivity contribution in [1.82, 2.24) is 5.32 Å². The van der Waals surface area contributed by atoms with Gasteiger partial charge in [-0.2, -0.15) is 13.2 Å². The second kappa shape index (κ2) is 7.33. The summed E-state index contributed by atoms with van der Waals surface area (Å²) in [5, 5.41) is 5.37. The van der Waals surface area contributed by atoms with E-state index in [1.807, 2.05) is 0 Å². The quantitative estimate of drug-likeness (QED) is 0.820. The van der Waals surface area contributed by atoms with Gasteiger partial charge >= 0.3 is 6.18 Å². The first-order valence-corrected chi connectivity index (χ1v) is 7.96. The number of fused-ring (bicyclic) bond motifs is 1. The fourth-order valence-corrected chi connectivity index (χ4v) is 2.51. The van der Waals surface area contributed by atoms with Crippen LogP contribution in [0, 0.1) is 0 Å². The molecule has 9 heteroatoms. The van der Waals surface area contributed by atoms with Crippen molar-refractivity contribution in [3.05, 3.63) is 52.5 Å². The molecule has 0 saturated heterocycles. The van der Waals surface area contributed by atoms with Gasteiger partial charge in [0.1, 0.15) is 0 Å². The highest BCUT2D eigenvalue weighted by atomic mass is 35.5. The summed E-state index contributed by atoms with van der Waals surface area (Å²) >= 11 is 5.87. The third-order valence-corrected chi connectivity index (χ3v) is 3.99. The SMILES string of the molecule is O=C(CNc1cc(C(F)(F)F)ccc1Cl)NCc1ccc2c(c1)OCO2. The van der Waals surface area contributed by atoms with Crippen LogP contribution in [0.15, 0.2) is 36.4 Å². The van der Waals surface area contributed by atoms with Gasteiger partial charge in [-0.15, -0.1) is 0 Å². The highest BCUT2D eigenvalue weighted by molar-refractivity contribution is 6.33. The standard InChI is InChI=1S/C17H14ClF3N2O3/c18-12-3-2-11(17(19,20)21)6-13(12)22-8-16(24)23-7-10-1-4-14-15(5-10)26-9-25-14/h1-6,22H,7-9H2,(H,23,24). The summed E-state index contributed by atoms with van der Waals surface area (Å²) < 4.78 is 48.6. The molecule has 0 bridgehead atoms. The van der Waals surface area contributed by atoms with Gasteiger partial charge in [-0.25, -0.2) is 0 Å². The normalized spacial score (nSPS) is 12.8. The van der Waals surface area contributed by atoms with Crippen molar-refractivity contribution in [2.24, 2.45) is 0 Å². The Morgan fingerprint density at radius 1 is 1.12 bits per heavy atom. The minimum absolute atomic E-state index is 0.0414. The summed E-state index contributed by atoms with van der Waals surface area (Å²) in [5.74, 6) is 0.850. The van der Waals surface area contributed by atoms with Crippen LogP contribution in [0.1, 0.15) is 11.1 Å². The van der Waals surface area contributed by atoms with Crippen LogP contribution in [0.25, 0.3) is 0 Å². The lowest BCUT2D eigenvalue weighted by molar-refractivity contribution is -0.137. The molecule has 3 rings (SSSR count). The predicted molar refractivity (Wildman–Crippen MR) is 89.4 cm³/mol. The number of nitrogens with one attached hydrogen (secondary N) is 2. The van der Waals surface area contributed by atoms with Gasteiger partial charge in [-0.05, 0) is 35.9 Å². The number of carbonyl (C=O) groups excluding carboxylic acids is 1. The van der Waals surface area contributed by atoms with Crippen LogP contribution >= 0.6 is 11.6 Å². The van der Waals surface area contributed by atoms with Crippen LogP contribution in [-0.2, 0) is 17.5 Å². The number of ether oxygens (including phenoxy) is 2. The first-order chi connectivity index (χ1) is 12.3. The summed E-state index contributed by atoms with van der Waals surface area (Å²) in [6, 6.07) is 8.16. The summed E-state index contributed by atoms with van der Waals surface area (Å²) in [6.45, 7) is 0.186. The van der Waals surface area contributed by atoms with E-state index in [0.717, 1.165) is 23.8 Å². The van der Waals surface area contributed by atoms with Gasteiger partial charge in [0, 0.05) is 6.54 Å². The molecule has 1 amide bonds. The molecule has 1 aliphatic heterocycles. The molecular formula is C17H14ClF3N2O3. The highest BCUT2D eigenvalue weighted by Crippen LogP contribution is 2.34. The Bertz CT molecular complexity index is 827. The average Bonchev–Trinajstić information content (AvgIpc) is 3.06. The summed E-state index contributed by atoms with van der Waals surface area (Å²) in [6.07, 6.45) is -4.48. The molecule has 1 aliphatic rings. The highest BCUT2D eigenvalue weighted by Gasteiger charge is 2.31. The zero-order valence-electron chi connectivity index (χ0n) is 13.3. The molecule has 0 spiro atoms. The number of hydrogen-bond donors (Lipinski definition) is 2. The largest absolute Gasteiger partial charge is 0.454 e. The van der Waals surface area contributed by atoms with Crippen LogP contribution < -0.4 is 20.1 Å². The first kappa shape index (κ1) is 18.2. The molecule has 0 atom stereocenters. The molecule has 0 fully saturated rings. The lowest BCUT2D eigenvalue weighted by atomic mass is 10.2. The molecule has 0 aromatic heterocycles. The molecule has 26 heavy (non-hydrogen) atoms. The van der Waals surface area contributed by atoms with Crippen LogP contribution in [0.4, 0.5) is 18.9 Å². The Morgan fingerprint density at radius 3 is 2.65 bits per heavy atom. The maximum Gasteiger partial charge on any atom is 0.416 e. The number of alkyl halides is 3. The van der Waals surface area contributed by atoms with Crippen LogP contribution in [0.3, 0.4) is 0 Å². The van der Waals surface area contributed by atoms with E-state index in [9.17, 15) is 18.0 Å². The molecular weight excluding hydrogens is 373 g/mol. The van der Waals surface area contributed by atoms with Gasteiger partial charge in [0.15, 0.2) is 11.5 Å². The van der Waals surface area contributed by atoms with E-state index in [-0.39, 0.29) is 30.6 Å². The zero-order chi connectivity index (χ0) is 18.7. The predicted octanol–water partition coefficient (Wildman–Crippen LogP) is 3.82. The van der Waals surface area contributed by atoms with Gasteiger partial charge in [0.25, 0.3) is 0 Å².